The lowest BCUT2D eigenvalue weighted by Gasteiger charge is -2.20. The summed E-state index contributed by atoms with van der Waals surface area (Å²) in [6.45, 7) is 0. The smallest absolute Gasteiger partial charge is 0.221 e. The van der Waals surface area contributed by atoms with Crippen LogP contribution in [0.4, 0.5) is 0 Å². The summed E-state index contributed by atoms with van der Waals surface area (Å²) in [5, 5.41) is 3.17. The fourth-order valence-corrected chi connectivity index (χ4v) is 3.30. The number of carbonyl (C=O) groups excluding carboxylic acids is 1. The monoisotopic (exact) mass is 405 g/mol. The van der Waals surface area contributed by atoms with Crippen LogP contribution in [0.15, 0.2) is 72.8 Å². The molecule has 0 saturated carbocycles. The minimum Gasteiger partial charge on any atom is -0.497 e. The molecule has 5 nitrogen and oxygen atoms in total. The highest BCUT2D eigenvalue weighted by Gasteiger charge is 2.17. The molecule has 3 aromatic carbocycles. The molecule has 0 saturated heterocycles. The van der Waals surface area contributed by atoms with Crippen molar-refractivity contribution in [2.45, 2.75) is 18.9 Å². The van der Waals surface area contributed by atoms with Gasteiger partial charge in [-0.2, -0.15) is 0 Å². The molecule has 0 aliphatic heterocycles. The normalized spacial score (nSPS) is 11.4. The van der Waals surface area contributed by atoms with Crippen molar-refractivity contribution in [1.29, 1.82) is 0 Å². The van der Waals surface area contributed by atoms with Crippen molar-refractivity contribution in [2.24, 2.45) is 0 Å². The first kappa shape index (κ1) is 21.2. The van der Waals surface area contributed by atoms with E-state index >= 15 is 0 Å². The number of carbonyl (C=O) groups is 1. The Morgan fingerprint density at radius 1 is 0.767 bits per heavy atom. The van der Waals surface area contributed by atoms with Crippen LogP contribution in [0.2, 0.25) is 0 Å². The molecule has 156 valence electrons. The average Bonchev–Trinajstić information content (AvgIpc) is 2.81. The molecule has 3 rings (SSSR count). The Kier molecular flexibility index (Phi) is 7.33. The molecule has 1 unspecified atom stereocenters. The Morgan fingerprint density at radius 2 is 1.33 bits per heavy atom. The minimum absolute atomic E-state index is 0.0264. The van der Waals surface area contributed by atoms with Crippen molar-refractivity contribution in [3.8, 4) is 17.2 Å². The first-order chi connectivity index (χ1) is 14.6. The van der Waals surface area contributed by atoms with Crippen molar-refractivity contribution >= 4 is 5.91 Å². The van der Waals surface area contributed by atoms with Gasteiger partial charge in [0.05, 0.1) is 27.4 Å². The van der Waals surface area contributed by atoms with Gasteiger partial charge < -0.3 is 19.5 Å². The molecule has 0 aromatic heterocycles. The van der Waals surface area contributed by atoms with E-state index in [0.29, 0.717) is 24.3 Å². The molecule has 30 heavy (non-hydrogen) atoms. The van der Waals surface area contributed by atoms with Crippen molar-refractivity contribution in [3.63, 3.8) is 0 Å². The summed E-state index contributed by atoms with van der Waals surface area (Å²) < 4.78 is 15.9. The summed E-state index contributed by atoms with van der Waals surface area (Å²) >= 11 is 0. The summed E-state index contributed by atoms with van der Waals surface area (Å²) in [4.78, 5) is 12.8. The maximum absolute atomic E-state index is 12.8. The van der Waals surface area contributed by atoms with Gasteiger partial charge in [0.1, 0.15) is 17.2 Å². The second-order valence-corrected chi connectivity index (χ2v) is 6.91. The molecule has 0 spiro atoms. The summed E-state index contributed by atoms with van der Waals surface area (Å²) in [6, 6.07) is 23.1. The number of ether oxygens (including phenoxy) is 3. The standard InChI is InChI=1S/C25H27NO4/c1-28-21-12-10-20(11-13-21)25(19-7-5-4-6-8-19)26-24(27)14-9-18-15-22(29-2)17-23(16-18)30-3/h4-8,10-13,15-17,25H,9,14H2,1-3H3,(H,26,27). The van der Waals surface area contributed by atoms with Gasteiger partial charge in [0.25, 0.3) is 0 Å². The van der Waals surface area contributed by atoms with E-state index in [1.165, 1.54) is 0 Å². The first-order valence-electron chi connectivity index (χ1n) is 9.83. The number of hydrogen-bond acceptors (Lipinski definition) is 4. The lowest BCUT2D eigenvalue weighted by molar-refractivity contribution is -0.121. The Bertz CT molecular complexity index is 932. The predicted molar refractivity (Wildman–Crippen MR) is 117 cm³/mol. The Labute approximate surface area is 177 Å². The number of rotatable bonds is 9. The summed E-state index contributed by atoms with van der Waals surface area (Å²) in [5.74, 6) is 2.18. The van der Waals surface area contributed by atoms with Crippen molar-refractivity contribution in [2.75, 3.05) is 21.3 Å². The van der Waals surface area contributed by atoms with Crippen LogP contribution in [0.3, 0.4) is 0 Å². The molecule has 0 heterocycles. The van der Waals surface area contributed by atoms with Crippen LogP contribution >= 0.6 is 0 Å². The maximum Gasteiger partial charge on any atom is 0.221 e. The highest BCUT2D eigenvalue weighted by Crippen LogP contribution is 2.25. The average molecular weight is 405 g/mol. The number of hydrogen-bond donors (Lipinski definition) is 1. The van der Waals surface area contributed by atoms with Gasteiger partial charge in [-0.05, 0) is 47.4 Å². The maximum atomic E-state index is 12.8. The molecule has 1 atom stereocenters. The second kappa shape index (κ2) is 10.3. The molecule has 0 bridgehead atoms. The molecule has 0 radical (unpaired) electrons. The molecule has 1 amide bonds. The lowest BCUT2D eigenvalue weighted by Crippen LogP contribution is -2.29. The van der Waals surface area contributed by atoms with Crippen LogP contribution in [0.5, 0.6) is 17.2 Å². The fraction of sp³-hybridized carbons (Fsp3) is 0.240. The van der Waals surface area contributed by atoms with Crippen LogP contribution in [0.1, 0.15) is 29.2 Å². The van der Waals surface area contributed by atoms with E-state index in [2.05, 4.69) is 5.32 Å². The zero-order chi connectivity index (χ0) is 21.3. The van der Waals surface area contributed by atoms with Gasteiger partial charge in [-0.25, -0.2) is 0 Å². The summed E-state index contributed by atoms with van der Waals surface area (Å²) in [5.41, 5.74) is 3.01. The number of methoxy groups -OCH3 is 3. The molecule has 0 fully saturated rings. The zero-order valence-corrected chi connectivity index (χ0v) is 17.6. The number of amides is 1. The van der Waals surface area contributed by atoms with E-state index in [4.69, 9.17) is 14.2 Å². The molecular formula is C25H27NO4. The van der Waals surface area contributed by atoms with Crippen LogP contribution in [0, 0.1) is 0 Å². The van der Waals surface area contributed by atoms with E-state index in [-0.39, 0.29) is 11.9 Å². The first-order valence-corrected chi connectivity index (χ1v) is 9.83. The molecule has 1 N–H and O–H groups in total. The third-order valence-corrected chi connectivity index (χ3v) is 4.94. The third-order valence-electron chi connectivity index (χ3n) is 4.94. The Hall–Kier alpha value is -3.47. The fourth-order valence-electron chi connectivity index (χ4n) is 3.30. The van der Waals surface area contributed by atoms with Gasteiger partial charge in [0.15, 0.2) is 0 Å². The molecule has 5 heteroatoms. The van der Waals surface area contributed by atoms with E-state index in [1.807, 2.05) is 72.8 Å². The highest BCUT2D eigenvalue weighted by atomic mass is 16.5. The SMILES string of the molecule is COc1ccc(C(NC(=O)CCc2cc(OC)cc(OC)c2)c2ccccc2)cc1. The number of aryl methyl sites for hydroxylation is 1. The van der Waals surface area contributed by atoms with Crippen molar-refractivity contribution < 1.29 is 19.0 Å². The molecule has 3 aromatic rings. The predicted octanol–water partition coefficient (Wildman–Crippen LogP) is 4.55. The van der Waals surface area contributed by atoms with Gasteiger partial charge in [-0.1, -0.05) is 42.5 Å². The van der Waals surface area contributed by atoms with E-state index in [9.17, 15) is 4.79 Å². The van der Waals surface area contributed by atoms with Crippen LogP contribution in [-0.4, -0.2) is 27.2 Å². The van der Waals surface area contributed by atoms with E-state index in [1.54, 1.807) is 21.3 Å². The van der Waals surface area contributed by atoms with E-state index in [0.717, 1.165) is 22.4 Å². The van der Waals surface area contributed by atoms with Crippen molar-refractivity contribution in [3.05, 3.63) is 89.5 Å². The Balaban J connectivity index is 1.73. The summed E-state index contributed by atoms with van der Waals surface area (Å²) in [6.07, 6.45) is 0.944. The van der Waals surface area contributed by atoms with E-state index < -0.39 is 0 Å². The van der Waals surface area contributed by atoms with Gasteiger partial charge >= 0.3 is 0 Å². The Morgan fingerprint density at radius 3 is 1.90 bits per heavy atom. The molecule has 0 aliphatic rings. The third kappa shape index (κ3) is 5.54. The minimum atomic E-state index is -0.232. The molecule has 0 aliphatic carbocycles. The lowest BCUT2D eigenvalue weighted by atomic mass is 9.98. The second-order valence-electron chi connectivity index (χ2n) is 6.91. The molecular weight excluding hydrogens is 378 g/mol. The van der Waals surface area contributed by atoms with Gasteiger partial charge in [-0.15, -0.1) is 0 Å². The highest BCUT2D eigenvalue weighted by molar-refractivity contribution is 5.77. The van der Waals surface area contributed by atoms with Crippen molar-refractivity contribution in [1.82, 2.24) is 5.32 Å². The van der Waals surface area contributed by atoms with Gasteiger partial charge in [-0.3, -0.25) is 4.79 Å². The topological polar surface area (TPSA) is 56.8 Å². The van der Waals surface area contributed by atoms with Gasteiger partial charge in [0, 0.05) is 12.5 Å². The van der Waals surface area contributed by atoms with Crippen LogP contribution in [-0.2, 0) is 11.2 Å². The number of benzene rings is 3. The van der Waals surface area contributed by atoms with Gasteiger partial charge in [0.2, 0.25) is 5.91 Å². The zero-order valence-electron chi connectivity index (χ0n) is 17.6. The largest absolute Gasteiger partial charge is 0.497 e. The number of nitrogens with one attached hydrogen (secondary N) is 1. The van der Waals surface area contributed by atoms with Crippen LogP contribution < -0.4 is 19.5 Å². The quantitative estimate of drug-likeness (QED) is 0.567. The summed E-state index contributed by atoms with van der Waals surface area (Å²) in [7, 11) is 4.87. The van der Waals surface area contributed by atoms with Crippen LogP contribution in [0.25, 0.3) is 0 Å².